The normalized spacial score (nSPS) is 18.8. The van der Waals surface area contributed by atoms with Crippen LogP contribution in [0.3, 0.4) is 0 Å². The van der Waals surface area contributed by atoms with Crippen molar-refractivity contribution in [2.24, 2.45) is 5.92 Å². The second-order valence-corrected chi connectivity index (χ2v) is 7.45. The number of halogens is 2. The van der Waals surface area contributed by atoms with Gasteiger partial charge in [-0.1, -0.05) is 23.5 Å². The number of anilines is 2. The first-order chi connectivity index (χ1) is 12.5. The van der Waals surface area contributed by atoms with Gasteiger partial charge in [-0.15, -0.1) is 0 Å². The Labute approximate surface area is 153 Å². The predicted octanol–water partition coefficient (Wildman–Crippen LogP) is 4.75. The average Bonchev–Trinajstić information content (AvgIpc) is 3.21. The van der Waals surface area contributed by atoms with Gasteiger partial charge in [-0.2, -0.15) is 0 Å². The van der Waals surface area contributed by atoms with Gasteiger partial charge >= 0.3 is 0 Å². The first-order valence-corrected chi connectivity index (χ1v) is 9.12. The van der Waals surface area contributed by atoms with Crippen LogP contribution >= 0.6 is 11.3 Å². The van der Waals surface area contributed by atoms with Crippen LogP contribution in [0, 0.1) is 18.7 Å². The maximum atomic E-state index is 14.8. The fraction of sp³-hybridized carbons (Fsp3) is 0.263. The monoisotopic (exact) mass is 373 g/mol. The predicted molar refractivity (Wildman–Crippen MR) is 101 cm³/mol. The third-order valence-corrected chi connectivity index (χ3v) is 5.51. The number of nitrogens with zero attached hydrogens (tertiary/aromatic N) is 1. The Morgan fingerprint density at radius 3 is 2.77 bits per heavy atom. The largest absolute Gasteiger partial charge is 0.386 e. The lowest BCUT2D eigenvalue weighted by atomic mass is 9.99. The number of aryl methyl sites for hydroxylation is 1. The van der Waals surface area contributed by atoms with Gasteiger partial charge in [0.2, 0.25) is 5.91 Å². The molecule has 2 atom stereocenters. The van der Waals surface area contributed by atoms with Gasteiger partial charge in [0.15, 0.2) is 10.9 Å². The highest BCUT2D eigenvalue weighted by molar-refractivity contribution is 7.22. The SMILES string of the molecule is CNc1ccc(C)c(-c2ccc3nc(NC(=O)C4CC4F)sc3c2)c1F. The van der Waals surface area contributed by atoms with Gasteiger partial charge < -0.3 is 10.6 Å². The van der Waals surface area contributed by atoms with Crippen molar-refractivity contribution in [2.45, 2.75) is 19.5 Å². The summed E-state index contributed by atoms with van der Waals surface area (Å²) in [6.45, 7) is 1.86. The van der Waals surface area contributed by atoms with Gasteiger partial charge in [0.05, 0.1) is 21.8 Å². The Morgan fingerprint density at radius 2 is 2.08 bits per heavy atom. The number of amides is 1. The number of nitrogens with one attached hydrogen (secondary N) is 2. The molecule has 134 valence electrons. The van der Waals surface area contributed by atoms with E-state index in [1.807, 2.05) is 25.1 Å². The molecule has 1 aliphatic carbocycles. The minimum absolute atomic E-state index is 0.279. The lowest BCUT2D eigenvalue weighted by Gasteiger charge is -2.11. The van der Waals surface area contributed by atoms with E-state index in [1.165, 1.54) is 11.3 Å². The molecule has 0 radical (unpaired) electrons. The summed E-state index contributed by atoms with van der Waals surface area (Å²) < 4.78 is 28.6. The van der Waals surface area contributed by atoms with E-state index in [1.54, 1.807) is 19.2 Å². The zero-order valence-electron chi connectivity index (χ0n) is 14.3. The highest BCUT2D eigenvalue weighted by Crippen LogP contribution is 2.37. The Bertz CT molecular complexity index is 1020. The van der Waals surface area contributed by atoms with E-state index in [4.69, 9.17) is 0 Å². The summed E-state index contributed by atoms with van der Waals surface area (Å²) in [7, 11) is 1.68. The number of hydrogen-bond donors (Lipinski definition) is 2. The zero-order chi connectivity index (χ0) is 18.4. The summed E-state index contributed by atoms with van der Waals surface area (Å²) >= 11 is 1.30. The van der Waals surface area contributed by atoms with Crippen molar-refractivity contribution in [1.82, 2.24) is 4.98 Å². The third-order valence-electron chi connectivity index (χ3n) is 4.58. The fourth-order valence-corrected chi connectivity index (χ4v) is 3.90. The lowest BCUT2D eigenvalue weighted by Crippen LogP contribution is -2.14. The van der Waals surface area contributed by atoms with Gasteiger partial charge in [0, 0.05) is 12.6 Å². The standard InChI is InChI=1S/C19H17F2N3OS/c1-9-3-5-14(22-2)17(21)16(9)10-4-6-13-15(7-10)26-19(23-13)24-18(25)11-8-12(11)20/h3-7,11-12,22H,8H2,1-2H3,(H,23,24,25). The molecule has 1 fully saturated rings. The Balaban J connectivity index is 1.69. The molecule has 7 heteroatoms. The summed E-state index contributed by atoms with van der Waals surface area (Å²) in [5.74, 6) is -1.19. The van der Waals surface area contributed by atoms with Crippen LogP contribution in [-0.4, -0.2) is 24.1 Å². The Kier molecular flexibility index (Phi) is 4.11. The molecule has 0 spiro atoms. The first kappa shape index (κ1) is 16.9. The van der Waals surface area contributed by atoms with Gasteiger partial charge in [-0.3, -0.25) is 4.79 Å². The van der Waals surface area contributed by atoms with E-state index < -0.39 is 12.1 Å². The molecule has 3 aromatic rings. The molecule has 0 saturated heterocycles. The summed E-state index contributed by atoms with van der Waals surface area (Å²) in [6, 6.07) is 9.06. The van der Waals surface area contributed by atoms with Crippen LogP contribution in [-0.2, 0) is 4.79 Å². The molecule has 2 N–H and O–H groups in total. The van der Waals surface area contributed by atoms with Crippen LogP contribution in [0.2, 0.25) is 0 Å². The molecule has 0 aliphatic heterocycles. The summed E-state index contributed by atoms with van der Waals surface area (Å²) in [4.78, 5) is 16.2. The molecule has 1 aliphatic rings. The van der Waals surface area contributed by atoms with E-state index in [9.17, 15) is 13.6 Å². The molecule has 4 nitrogen and oxygen atoms in total. The highest BCUT2D eigenvalue weighted by Gasteiger charge is 2.43. The third kappa shape index (κ3) is 2.92. The lowest BCUT2D eigenvalue weighted by molar-refractivity contribution is -0.117. The second kappa shape index (κ2) is 6.32. The maximum absolute atomic E-state index is 14.8. The average molecular weight is 373 g/mol. The fourth-order valence-electron chi connectivity index (χ4n) is 2.99. The number of carbonyl (C=O) groups excluding carboxylic acids is 1. The molecule has 1 heterocycles. The van der Waals surface area contributed by atoms with Crippen LogP contribution in [0.15, 0.2) is 30.3 Å². The molecule has 2 unspecified atom stereocenters. The molecule has 1 amide bonds. The van der Waals surface area contributed by atoms with E-state index in [-0.39, 0.29) is 18.1 Å². The van der Waals surface area contributed by atoms with Crippen LogP contribution in [0.1, 0.15) is 12.0 Å². The van der Waals surface area contributed by atoms with Crippen molar-refractivity contribution in [2.75, 3.05) is 17.7 Å². The minimum atomic E-state index is -1.04. The molecule has 1 aromatic heterocycles. The summed E-state index contributed by atoms with van der Waals surface area (Å²) in [6.07, 6.45) is -0.761. The Hall–Kier alpha value is -2.54. The zero-order valence-corrected chi connectivity index (χ0v) is 15.1. The minimum Gasteiger partial charge on any atom is -0.386 e. The smallest absolute Gasteiger partial charge is 0.232 e. The van der Waals surface area contributed by atoms with Crippen LogP contribution in [0.25, 0.3) is 21.3 Å². The highest BCUT2D eigenvalue weighted by atomic mass is 32.1. The molecular weight excluding hydrogens is 356 g/mol. The van der Waals surface area contributed by atoms with Crippen LogP contribution < -0.4 is 10.6 Å². The van der Waals surface area contributed by atoms with Gasteiger partial charge in [-0.25, -0.2) is 13.8 Å². The topological polar surface area (TPSA) is 54.0 Å². The molecular formula is C19H17F2N3OS. The summed E-state index contributed by atoms with van der Waals surface area (Å²) in [5.41, 5.74) is 3.27. The number of rotatable bonds is 4. The number of carbonyl (C=O) groups is 1. The van der Waals surface area contributed by atoms with Crippen molar-refractivity contribution in [3.8, 4) is 11.1 Å². The molecule has 4 rings (SSSR count). The second-order valence-electron chi connectivity index (χ2n) is 6.42. The molecule has 2 aromatic carbocycles. The van der Waals surface area contributed by atoms with Gasteiger partial charge in [0.1, 0.15) is 6.17 Å². The van der Waals surface area contributed by atoms with E-state index in [0.29, 0.717) is 21.9 Å². The molecule has 26 heavy (non-hydrogen) atoms. The number of fused-ring (bicyclic) bond motifs is 1. The van der Waals surface area contributed by atoms with Crippen molar-refractivity contribution < 1.29 is 13.6 Å². The van der Waals surface area contributed by atoms with Crippen LogP contribution in [0.4, 0.5) is 19.6 Å². The number of hydrogen-bond acceptors (Lipinski definition) is 4. The van der Waals surface area contributed by atoms with E-state index in [2.05, 4.69) is 15.6 Å². The maximum Gasteiger partial charge on any atom is 0.232 e. The number of aromatic nitrogens is 1. The number of thiazole rings is 1. The van der Waals surface area contributed by atoms with Crippen LogP contribution in [0.5, 0.6) is 0 Å². The van der Waals surface area contributed by atoms with E-state index >= 15 is 0 Å². The molecule has 1 saturated carbocycles. The van der Waals surface area contributed by atoms with Crippen molar-refractivity contribution >= 4 is 38.3 Å². The Morgan fingerprint density at radius 1 is 1.31 bits per heavy atom. The number of alkyl halides is 1. The summed E-state index contributed by atoms with van der Waals surface area (Å²) in [5, 5.41) is 5.95. The van der Waals surface area contributed by atoms with Crippen molar-refractivity contribution in [3.05, 3.63) is 41.7 Å². The molecule has 0 bridgehead atoms. The van der Waals surface area contributed by atoms with Gasteiger partial charge in [0.25, 0.3) is 0 Å². The van der Waals surface area contributed by atoms with Crippen molar-refractivity contribution in [1.29, 1.82) is 0 Å². The number of benzene rings is 2. The quantitative estimate of drug-likeness (QED) is 0.694. The first-order valence-electron chi connectivity index (χ1n) is 8.30. The van der Waals surface area contributed by atoms with Crippen molar-refractivity contribution in [3.63, 3.8) is 0 Å². The van der Waals surface area contributed by atoms with Gasteiger partial charge in [-0.05, 0) is 42.7 Å². The van der Waals surface area contributed by atoms with E-state index in [0.717, 1.165) is 15.8 Å².